The van der Waals surface area contributed by atoms with Crippen LogP contribution in [0.3, 0.4) is 0 Å². The number of fused-ring (bicyclic) bond motifs is 3. The number of hydrogen-bond acceptors (Lipinski definition) is 6. The average molecular weight is 491 g/mol. The van der Waals surface area contributed by atoms with E-state index in [1.165, 1.54) is 17.6 Å². The van der Waals surface area contributed by atoms with Gasteiger partial charge in [0, 0.05) is 46.7 Å². The van der Waals surface area contributed by atoms with Crippen molar-refractivity contribution in [2.45, 2.75) is 65.6 Å². The van der Waals surface area contributed by atoms with Crippen LogP contribution in [0, 0.1) is 34.0 Å². The Hall–Kier alpha value is -0.690. The highest BCUT2D eigenvalue weighted by atomic mass is 32.2. The van der Waals surface area contributed by atoms with Crippen molar-refractivity contribution in [2.24, 2.45) is 34.0 Å². The molecule has 3 heterocycles. The predicted octanol–water partition coefficient (Wildman–Crippen LogP) is 6.54. The Morgan fingerprint density at radius 2 is 2.09 bits per heavy atom. The molecule has 6 aliphatic rings. The second kappa shape index (κ2) is 8.46. The zero-order valence-electron chi connectivity index (χ0n) is 20.6. The maximum absolute atomic E-state index is 11.7. The van der Waals surface area contributed by atoms with Crippen LogP contribution in [0.15, 0.2) is 33.4 Å². The Bertz CT molecular complexity index is 896. The molecule has 3 aliphatic heterocycles. The normalized spacial score (nSPS) is 44.7. The maximum atomic E-state index is 11.7. The van der Waals surface area contributed by atoms with E-state index in [9.17, 15) is 4.79 Å². The highest BCUT2D eigenvalue weighted by Crippen LogP contribution is 2.70. The highest BCUT2D eigenvalue weighted by molar-refractivity contribution is 8.24. The van der Waals surface area contributed by atoms with Crippen molar-refractivity contribution in [1.29, 1.82) is 0 Å². The fourth-order valence-electron chi connectivity index (χ4n) is 7.87. The number of carbonyl (C=O) groups is 1. The van der Waals surface area contributed by atoms with Gasteiger partial charge in [-0.3, -0.25) is 4.79 Å². The molecule has 6 atom stereocenters. The van der Waals surface area contributed by atoms with Crippen molar-refractivity contribution in [3.05, 3.63) is 33.4 Å². The number of carbonyl (C=O) groups excluding carboxylic acids is 1. The summed E-state index contributed by atoms with van der Waals surface area (Å²) in [6, 6.07) is 0. The van der Waals surface area contributed by atoms with Gasteiger partial charge in [-0.15, -0.1) is 11.8 Å². The fourth-order valence-corrected chi connectivity index (χ4v) is 9.79. The van der Waals surface area contributed by atoms with Gasteiger partial charge >= 0.3 is 5.97 Å². The summed E-state index contributed by atoms with van der Waals surface area (Å²) in [6.45, 7) is 9.79. The summed E-state index contributed by atoms with van der Waals surface area (Å²) in [5.41, 5.74) is 1.53. The largest absolute Gasteiger partial charge is 0.465 e. The van der Waals surface area contributed by atoms with E-state index in [0.29, 0.717) is 24.4 Å². The Labute approximate surface area is 207 Å². The first-order valence-electron chi connectivity index (χ1n) is 12.4. The van der Waals surface area contributed by atoms with Gasteiger partial charge in [0.2, 0.25) is 0 Å². The van der Waals surface area contributed by atoms with E-state index < -0.39 is 5.79 Å². The molecule has 182 valence electrons. The van der Waals surface area contributed by atoms with Gasteiger partial charge in [-0.1, -0.05) is 56.3 Å². The SMILES string of the molecule is COC12CCC3(CO1)C(=CCC1C(/C=C4/SC=CCS4)C(C)(COC(C)=O)CCC13)C2(C)C. The van der Waals surface area contributed by atoms with Gasteiger partial charge in [-0.05, 0) is 48.8 Å². The van der Waals surface area contributed by atoms with E-state index >= 15 is 0 Å². The lowest BCUT2D eigenvalue weighted by molar-refractivity contribution is -0.344. The summed E-state index contributed by atoms with van der Waals surface area (Å²) >= 11 is 3.77. The van der Waals surface area contributed by atoms with Gasteiger partial charge in [-0.25, -0.2) is 0 Å². The first-order valence-corrected chi connectivity index (χ1v) is 14.2. The number of methoxy groups -OCH3 is 1. The van der Waals surface area contributed by atoms with Crippen LogP contribution in [0.5, 0.6) is 0 Å². The average Bonchev–Trinajstić information content (AvgIpc) is 2.80. The number of rotatable bonds is 4. The molecule has 3 aliphatic carbocycles. The smallest absolute Gasteiger partial charge is 0.302 e. The van der Waals surface area contributed by atoms with Crippen molar-refractivity contribution in [3.8, 4) is 0 Å². The van der Waals surface area contributed by atoms with Gasteiger partial charge in [-0.2, -0.15) is 0 Å². The van der Waals surface area contributed by atoms with Crippen LogP contribution in [-0.2, 0) is 19.0 Å². The molecule has 0 N–H and O–H groups in total. The van der Waals surface area contributed by atoms with Gasteiger partial charge in [0.25, 0.3) is 0 Å². The van der Waals surface area contributed by atoms with E-state index in [4.69, 9.17) is 14.2 Å². The predicted molar refractivity (Wildman–Crippen MR) is 136 cm³/mol. The second-order valence-electron chi connectivity index (χ2n) is 11.4. The summed E-state index contributed by atoms with van der Waals surface area (Å²) < 4.78 is 19.7. The Morgan fingerprint density at radius 1 is 1.27 bits per heavy atom. The van der Waals surface area contributed by atoms with Gasteiger partial charge in [0.05, 0.1) is 13.2 Å². The number of esters is 1. The molecule has 33 heavy (non-hydrogen) atoms. The van der Waals surface area contributed by atoms with Crippen LogP contribution < -0.4 is 0 Å². The second-order valence-corrected chi connectivity index (χ2v) is 13.7. The summed E-state index contributed by atoms with van der Waals surface area (Å²) in [4.78, 5) is 11.7. The van der Waals surface area contributed by atoms with E-state index in [0.717, 1.165) is 38.0 Å². The number of ether oxygens (including phenoxy) is 3. The molecule has 0 amide bonds. The van der Waals surface area contributed by atoms with Crippen LogP contribution in [0.4, 0.5) is 0 Å². The molecule has 6 rings (SSSR count). The highest BCUT2D eigenvalue weighted by Gasteiger charge is 2.68. The Balaban J connectivity index is 1.54. The molecule has 1 spiro atoms. The van der Waals surface area contributed by atoms with E-state index in [1.807, 2.05) is 30.6 Å². The quantitative estimate of drug-likeness (QED) is 0.329. The minimum atomic E-state index is -0.491. The van der Waals surface area contributed by atoms with Gasteiger partial charge < -0.3 is 14.2 Å². The van der Waals surface area contributed by atoms with Crippen LogP contribution >= 0.6 is 23.5 Å². The van der Waals surface area contributed by atoms with Crippen LogP contribution in [0.1, 0.15) is 59.8 Å². The van der Waals surface area contributed by atoms with Gasteiger partial charge in [0.15, 0.2) is 5.79 Å². The third-order valence-electron chi connectivity index (χ3n) is 9.59. The zero-order valence-corrected chi connectivity index (χ0v) is 22.3. The molecule has 4 fully saturated rings. The molecule has 0 aromatic heterocycles. The molecular formula is C27H38O4S2. The number of hydrogen-bond donors (Lipinski definition) is 0. The Morgan fingerprint density at radius 3 is 2.73 bits per heavy atom. The van der Waals surface area contributed by atoms with Crippen molar-refractivity contribution < 1.29 is 19.0 Å². The monoisotopic (exact) mass is 490 g/mol. The van der Waals surface area contributed by atoms with Crippen LogP contribution in [0.2, 0.25) is 0 Å². The van der Waals surface area contributed by atoms with Crippen LogP contribution in [-0.4, -0.2) is 37.8 Å². The molecule has 6 heteroatoms. The first-order chi connectivity index (χ1) is 15.7. The van der Waals surface area contributed by atoms with Crippen molar-refractivity contribution in [3.63, 3.8) is 0 Å². The Kier molecular flexibility index (Phi) is 6.16. The first kappa shape index (κ1) is 24.0. The van der Waals surface area contributed by atoms with Crippen molar-refractivity contribution >= 4 is 29.5 Å². The van der Waals surface area contributed by atoms with Crippen molar-refractivity contribution in [1.82, 2.24) is 0 Å². The number of thioether (sulfide) groups is 2. The van der Waals surface area contributed by atoms with Gasteiger partial charge in [0.1, 0.15) is 0 Å². The lowest BCUT2D eigenvalue weighted by Crippen LogP contribution is -2.67. The third kappa shape index (κ3) is 3.61. The van der Waals surface area contributed by atoms with Crippen LogP contribution in [0.25, 0.3) is 0 Å². The molecular weight excluding hydrogens is 452 g/mol. The maximum Gasteiger partial charge on any atom is 0.302 e. The molecule has 6 unspecified atom stereocenters. The van der Waals surface area contributed by atoms with Crippen molar-refractivity contribution in [2.75, 3.05) is 26.1 Å². The van der Waals surface area contributed by atoms with E-state index in [1.54, 1.807) is 5.57 Å². The molecule has 0 radical (unpaired) electrons. The minimum absolute atomic E-state index is 0.0416. The molecule has 0 aromatic rings. The van der Waals surface area contributed by atoms with E-state index in [-0.39, 0.29) is 22.2 Å². The topological polar surface area (TPSA) is 44.8 Å². The molecule has 2 saturated heterocycles. The lowest BCUT2D eigenvalue weighted by Gasteiger charge is -2.68. The summed E-state index contributed by atoms with van der Waals surface area (Å²) in [7, 11) is 1.81. The van der Waals surface area contributed by atoms with E-state index in [2.05, 4.69) is 44.4 Å². The number of allylic oxidation sites excluding steroid dienone is 2. The third-order valence-corrected chi connectivity index (χ3v) is 11.7. The summed E-state index contributed by atoms with van der Waals surface area (Å²) in [5, 5.41) is 2.21. The molecule has 0 aromatic carbocycles. The summed E-state index contributed by atoms with van der Waals surface area (Å²) in [6.07, 6.45) is 12.8. The minimum Gasteiger partial charge on any atom is -0.465 e. The standard InChI is InChI=1S/C27H38O4S2/c1-18(28)30-16-25(4)10-9-20-19(21(25)15-23-32-13-6-14-33-23)7-8-22-24(2,3)27(29-5)12-11-26(20,22)17-31-27/h6,8,13,15,19-21H,7,9-12,14,16-17H2,1-5H3/b23-15-. The molecule has 2 bridgehead atoms. The molecule has 4 nitrogen and oxygen atoms in total. The summed E-state index contributed by atoms with van der Waals surface area (Å²) in [5.74, 6) is 1.88. The zero-order chi connectivity index (χ0) is 23.5. The molecule has 2 saturated carbocycles. The lowest BCUT2D eigenvalue weighted by atomic mass is 9.42. The fraction of sp³-hybridized carbons (Fsp3) is 0.741.